The molecule has 0 radical (unpaired) electrons. The van der Waals surface area contributed by atoms with Gasteiger partial charge in [0, 0.05) is 32.1 Å². The van der Waals surface area contributed by atoms with Crippen LogP contribution in [0.3, 0.4) is 0 Å². The van der Waals surface area contributed by atoms with Crippen LogP contribution in [0.15, 0.2) is 16.8 Å². The smallest absolute Gasteiger partial charge is 0.389 e. The number of carbonyl (C=O) groups is 1. The molecule has 4 aliphatic rings. The number of hydrogen-bond donors (Lipinski definition) is 3. The van der Waals surface area contributed by atoms with Gasteiger partial charge in [0.1, 0.15) is 0 Å². The second-order valence-electron chi connectivity index (χ2n) is 14.7. The van der Waals surface area contributed by atoms with Crippen LogP contribution in [0.4, 0.5) is 4.79 Å². The van der Waals surface area contributed by atoms with E-state index in [1.54, 1.807) is 4.90 Å². The molecule has 3 saturated carbocycles. The highest BCUT2D eigenvalue weighted by Gasteiger charge is 2.59. The molecular weight excluding hydrogens is 502 g/mol. The van der Waals surface area contributed by atoms with Gasteiger partial charge < -0.3 is 20.2 Å². The Labute approximate surface area is 243 Å². The van der Waals surface area contributed by atoms with Gasteiger partial charge in [-0.2, -0.15) is 0 Å². The van der Waals surface area contributed by atoms with Crippen molar-refractivity contribution < 1.29 is 19.2 Å². The fourth-order valence-corrected chi connectivity index (χ4v) is 8.90. The third-order valence-corrected chi connectivity index (χ3v) is 11.3. The van der Waals surface area contributed by atoms with E-state index in [9.17, 15) is 9.90 Å². The molecule has 1 amide bonds. The first-order chi connectivity index (χ1) is 18.9. The Morgan fingerprint density at radius 3 is 2.58 bits per heavy atom. The van der Waals surface area contributed by atoms with Crippen molar-refractivity contribution in [3.63, 3.8) is 0 Å². The molecule has 4 aliphatic carbocycles. The Balaban J connectivity index is 1.40. The zero-order valence-electron chi connectivity index (χ0n) is 26.5. The van der Waals surface area contributed by atoms with Gasteiger partial charge in [-0.3, -0.25) is 9.74 Å². The lowest BCUT2D eigenvalue weighted by molar-refractivity contribution is -0.869. The second-order valence-corrected chi connectivity index (χ2v) is 14.7. The Bertz CT molecular complexity index is 945. The van der Waals surface area contributed by atoms with Crippen LogP contribution >= 0.6 is 0 Å². The Morgan fingerprint density at radius 2 is 1.85 bits per heavy atom. The molecule has 0 heterocycles. The standard InChI is InChI=1S/C32H58N5O3/c1-23(35-40-30(39)36(20-21-37(5,6)7)19-18-34-17-16-33-4)27-10-11-28-26-9-8-24-22-25(38)12-14-31(24,2)29(26)13-15-32(27,28)3/h22,25-29,33-34,38H,8-21H2,1-7H3/q+1/b35-23+/t25-,26-,27+,28-,29-,31-,32+/m0/s1. The summed E-state index contributed by atoms with van der Waals surface area (Å²) in [5.74, 6) is 2.54. The van der Waals surface area contributed by atoms with E-state index in [0.29, 0.717) is 24.9 Å². The predicted molar refractivity (Wildman–Crippen MR) is 162 cm³/mol. The summed E-state index contributed by atoms with van der Waals surface area (Å²) in [6.07, 6.45) is 10.9. The fourth-order valence-electron chi connectivity index (χ4n) is 8.90. The molecule has 40 heavy (non-hydrogen) atoms. The van der Waals surface area contributed by atoms with E-state index in [-0.39, 0.29) is 23.0 Å². The number of amides is 1. The lowest BCUT2D eigenvalue weighted by Crippen LogP contribution is -2.51. The number of fused-ring (bicyclic) bond motifs is 5. The number of allylic oxidation sites excluding steroid dienone is 1. The van der Waals surface area contributed by atoms with Crippen molar-refractivity contribution in [2.75, 3.05) is 67.5 Å². The normalized spacial score (nSPS) is 35.9. The third kappa shape index (κ3) is 6.77. The van der Waals surface area contributed by atoms with Crippen LogP contribution in [0.5, 0.6) is 0 Å². The molecule has 0 aromatic carbocycles. The molecule has 0 bridgehead atoms. The van der Waals surface area contributed by atoms with Gasteiger partial charge in [-0.25, -0.2) is 4.79 Å². The Hall–Kier alpha value is -1.48. The number of aliphatic hydroxyl groups is 1. The highest BCUT2D eigenvalue weighted by Crippen LogP contribution is 2.66. The monoisotopic (exact) mass is 560 g/mol. The second kappa shape index (κ2) is 12.8. The summed E-state index contributed by atoms with van der Waals surface area (Å²) < 4.78 is 0.792. The van der Waals surface area contributed by atoms with E-state index in [2.05, 4.69) is 63.8 Å². The van der Waals surface area contributed by atoms with Gasteiger partial charge in [0.05, 0.1) is 46.0 Å². The minimum Gasteiger partial charge on any atom is -0.389 e. The van der Waals surface area contributed by atoms with Crippen LogP contribution < -0.4 is 10.6 Å². The van der Waals surface area contributed by atoms with Crippen molar-refractivity contribution in [3.8, 4) is 0 Å². The lowest BCUT2D eigenvalue weighted by Gasteiger charge is -2.58. The number of oxime groups is 1. The molecule has 0 aromatic rings. The number of likely N-dealkylation sites (N-methyl/N-ethyl adjacent to an activating group) is 2. The first-order valence-electron chi connectivity index (χ1n) is 15.9. The number of carbonyl (C=O) groups excluding carboxylic acids is 1. The van der Waals surface area contributed by atoms with Crippen molar-refractivity contribution in [1.29, 1.82) is 0 Å². The molecule has 3 fully saturated rings. The van der Waals surface area contributed by atoms with E-state index in [1.165, 1.54) is 31.3 Å². The predicted octanol–water partition coefficient (Wildman–Crippen LogP) is 4.26. The van der Waals surface area contributed by atoms with E-state index in [0.717, 1.165) is 73.9 Å². The summed E-state index contributed by atoms with van der Waals surface area (Å²) in [5.41, 5.74) is 2.99. The zero-order chi connectivity index (χ0) is 29.1. The molecule has 3 N–H and O–H groups in total. The maximum absolute atomic E-state index is 13.2. The quantitative estimate of drug-likeness (QED) is 0.0878. The molecule has 0 aromatic heterocycles. The van der Waals surface area contributed by atoms with Crippen molar-refractivity contribution >= 4 is 11.8 Å². The Kier molecular flexibility index (Phi) is 10.1. The summed E-state index contributed by atoms with van der Waals surface area (Å²) in [6, 6.07) is 0. The molecule has 0 unspecified atom stereocenters. The van der Waals surface area contributed by atoms with Gasteiger partial charge in [-0.05, 0) is 93.9 Å². The molecule has 8 heteroatoms. The molecular formula is C32H58N5O3+. The van der Waals surface area contributed by atoms with Gasteiger partial charge in [0.25, 0.3) is 0 Å². The minimum atomic E-state index is -0.342. The van der Waals surface area contributed by atoms with Crippen molar-refractivity contribution in [3.05, 3.63) is 11.6 Å². The lowest BCUT2D eigenvalue weighted by atomic mass is 9.46. The highest BCUT2D eigenvalue weighted by molar-refractivity contribution is 5.85. The number of nitrogens with zero attached hydrogens (tertiary/aromatic N) is 3. The van der Waals surface area contributed by atoms with Crippen LogP contribution in [0.25, 0.3) is 0 Å². The molecule has 0 saturated heterocycles. The molecule has 4 rings (SSSR count). The molecule has 0 aliphatic heterocycles. The van der Waals surface area contributed by atoms with Crippen LogP contribution in [0, 0.1) is 34.5 Å². The minimum absolute atomic E-state index is 0.216. The van der Waals surface area contributed by atoms with Crippen LogP contribution in [-0.2, 0) is 4.84 Å². The number of quaternary nitrogens is 1. The summed E-state index contributed by atoms with van der Waals surface area (Å²) in [5, 5.41) is 21.3. The van der Waals surface area contributed by atoms with E-state index in [1.807, 2.05) is 7.05 Å². The number of hydrogen-bond acceptors (Lipinski definition) is 6. The fraction of sp³-hybridized carbons (Fsp3) is 0.875. The maximum atomic E-state index is 13.2. The molecule has 228 valence electrons. The molecule has 7 atom stereocenters. The van der Waals surface area contributed by atoms with Crippen LogP contribution in [0.1, 0.15) is 72.1 Å². The number of aliphatic hydroxyl groups excluding tert-OH is 1. The summed E-state index contributed by atoms with van der Waals surface area (Å²) in [6.45, 7) is 11.7. The number of rotatable bonds is 11. The van der Waals surface area contributed by atoms with Crippen molar-refractivity contribution in [2.45, 2.75) is 78.2 Å². The summed E-state index contributed by atoms with van der Waals surface area (Å²) >= 11 is 0. The first-order valence-corrected chi connectivity index (χ1v) is 15.9. The van der Waals surface area contributed by atoms with E-state index >= 15 is 0 Å². The largest absolute Gasteiger partial charge is 0.436 e. The average molecular weight is 561 g/mol. The first kappa shape index (κ1) is 31.5. The molecule has 0 spiro atoms. The van der Waals surface area contributed by atoms with Gasteiger partial charge in [0.2, 0.25) is 0 Å². The van der Waals surface area contributed by atoms with Gasteiger partial charge in [-0.15, -0.1) is 0 Å². The summed E-state index contributed by atoms with van der Waals surface area (Å²) in [4.78, 5) is 20.6. The highest BCUT2D eigenvalue weighted by atomic mass is 16.7. The maximum Gasteiger partial charge on any atom is 0.436 e. The zero-order valence-corrected chi connectivity index (χ0v) is 26.5. The van der Waals surface area contributed by atoms with Gasteiger partial charge in [0.15, 0.2) is 0 Å². The third-order valence-electron chi connectivity index (χ3n) is 11.3. The van der Waals surface area contributed by atoms with E-state index in [4.69, 9.17) is 4.84 Å². The van der Waals surface area contributed by atoms with Gasteiger partial charge in [-0.1, -0.05) is 30.7 Å². The SMILES string of the molecule is CNCCNCCN(CC[N+](C)(C)C)C(=O)O/N=C(\C)[C@H]1CC[C@H]2[C@@H]3CCC4=C[C@@H](O)CC[C@]4(C)[C@H]3CC[C@]12C. The number of nitrogens with one attached hydrogen (secondary N) is 2. The van der Waals surface area contributed by atoms with Gasteiger partial charge >= 0.3 is 6.09 Å². The summed E-state index contributed by atoms with van der Waals surface area (Å²) in [7, 11) is 8.37. The van der Waals surface area contributed by atoms with Crippen LogP contribution in [0.2, 0.25) is 0 Å². The molecule has 8 nitrogen and oxygen atoms in total. The topological polar surface area (TPSA) is 86.2 Å². The van der Waals surface area contributed by atoms with Crippen molar-refractivity contribution in [1.82, 2.24) is 15.5 Å². The Morgan fingerprint density at radius 1 is 1.07 bits per heavy atom. The van der Waals surface area contributed by atoms with Crippen LogP contribution in [-0.4, -0.2) is 99.9 Å². The van der Waals surface area contributed by atoms with Crippen molar-refractivity contribution in [2.24, 2.45) is 39.7 Å². The van der Waals surface area contributed by atoms with E-state index < -0.39 is 0 Å². The average Bonchev–Trinajstić information content (AvgIpc) is 3.26.